The van der Waals surface area contributed by atoms with Gasteiger partial charge in [0.05, 0.1) is 11.7 Å². The van der Waals surface area contributed by atoms with Crippen LogP contribution in [0.15, 0.2) is 54.6 Å². The van der Waals surface area contributed by atoms with Crippen LogP contribution in [0.3, 0.4) is 0 Å². The Morgan fingerprint density at radius 2 is 1.77 bits per heavy atom. The molecule has 4 heteroatoms. The fourth-order valence-electron chi connectivity index (χ4n) is 5.50. The van der Waals surface area contributed by atoms with Crippen LogP contribution < -0.4 is 0 Å². The van der Waals surface area contributed by atoms with Crippen molar-refractivity contribution < 1.29 is 14.3 Å². The van der Waals surface area contributed by atoms with E-state index in [9.17, 15) is 9.90 Å². The van der Waals surface area contributed by atoms with Crippen molar-refractivity contribution in [2.45, 2.75) is 90.0 Å². The molecule has 3 nitrogen and oxygen atoms in total. The minimum absolute atomic E-state index is 0.00139. The minimum Gasteiger partial charge on any atom is -0.478 e. The Morgan fingerprint density at radius 1 is 1.09 bits per heavy atom. The SMILES string of the molecule is CCc1c(C(=O)O)ccc2cc(C3CC(C)(C)c4ccccc4C3O[Si](C)(C)C(C)(C)C)ccc12. The van der Waals surface area contributed by atoms with Gasteiger partial charge in [0.25, 0.3) is 0 Å². The summed E-state index contributed by atoms with van der Waals surface area (Å²) in [6.45, 7) is 18.3. The molecule has 0 amide bonds. The lowest BCUT2D eigenvalue weighted by Crippen LogP contribution is -2.45. The van der Waals surface area contributed by atoms with Crippen LogP contribution in [-0.2, 0) is 16.3 Å². The number of rotatable bonds is 5. The summed E-state index contributed by atoms with van der Waals surface area (Å²) in [4.78, 5) is 11.8. The second kappa shape index (κ2) is 8.90. The molecule has 0 aliphatic heterocycles. The topological polar surface area (TPSA) is 46.5 Å². The summed E-state index contributed by atoms with van der Waals surface area (Å²) in [7, 11) is -2.04. The smallest absolute Gasteiger partial charge is 0.335 e. The summed E-state index contributed by atoms with van der Waals surface area (Å²) in [5, 5.41) is 11.9. The molecular formula is C31H40O3Si. The van der Waals surface area contributed by atoms with E-state index < -0.39 is 14.3 Å². The Balaban J connectivity index is 1.87. The van der Waals surface area contributed by atoms with Crippen molar-refractivity contribution >= 4 is 25.1 Å². The van der Waals surface area contributed by atoms with Gasteiger partial charge in [0.15, 0.2) is 8.32 Å². The van der Waals surface area contributed by atoms with Crippen LogP contribution in [-0.4, -0.2) is 19.4 Å². The summed E-state index contributed by atoms with van der Waals surface area (Å²) in [6, 6.07) is 19.2. The number of aromatic carboxylic acids is 1. The average molecular weight is 489 g/mol. The van der Waals surface area contributed by atoms with Crippen LogP contribution in [0.1, 0.15) is 92.6 Å². The Morgan fingerprint density at radius 3 is 2.40 bits per heavy atom. The largest absolute Gasteiger partial charge is 0.478 e. The Labute approximate surface area is 211 Å². The van der Waals surface area contributed by atoms with E-state index in [0.29, 0.717) is 12.0 Å². The van der Waals surface area contributed by atoms with Gasteiger partial charge in [-0.1, -0.05) is 90.1 Å². The molecule has 0 spiro atoms. The Kier molecular flexibility index (Phi) is 6.52. The van der Waals surface area contributed by atoms with Crippen LogP contribution in [0.2, 0.25) is 18.1 Å². The van der Waals surface area contributed by atoms with Crippen molar-refractivity contribution in [1.82, 2.24) is 0 Å². The highest BCUT2D eigenvalue weighted by Gasteiger charge is 2.46. The zero-order valence-electron chi connectivity index (χ0n) is 22.5. The second-order valence-corrected chi connectivity index (χ2v) is 17.1. The van der Waals surface area contributed by atoms with E-state index in [1.165, 1.54) is 16.7 Å². The molecule has 1 aliphatic rings. The van der Waals surface area contributed by atoms with Crippen molar-refractivity contribution in [2.75, 3.05) is 0 Å². The molecule has 35 heavy (non-hydrogen) atoms. The molecule has 0 saturated carbocycles. The summed E-state index contributed by atoms with van der Waals surface area (Å²) in [5.41, 5.74) is 5.32. The van der Waals surface area contributed by atoms with Gasteiger partial charge in [-0.15, -0.1) is 0 Å². The molecule has 3 aromatic rings. The number of benzene rings is 3. The van der Waals surface area contributed by atoms with E-state index in [0.717, 1.165) is 22.8 Å². The third kappa shape index (κ3) is 4.59. The third-order valence-corrected chi connectivity index (χ3v) is 12.9. The number of aryl methyl sites for hydroxylation is 1. The number of hydrogen-bond acceptors (Lipinski definition) is 2. The molecule has 0 bridgehead atoms. The summed E-state index contributed by atoms with van der Waals surface area (Å²) in [6.07, 6.45) is 1.70. The first-order valence-corrected chi connectivity index (χ1v) is 15.7. The van der Waals surface area contributed by atoms with Gasteiger partial charge in [0.2, 0.25) is 0 Å². The predicted octanol–water partition coefficient (Wildman–Crippen LogP) is 8.63. The lowest BCUT2D eigenvalue weighted by atomic mass is 9.65. The predicted molar refractivity (Wildman–Crippen MR) is 148 cm³/mol. The number of carboxylic acid groups (broad SMARTS) is 1. The van der Waals surface area contributed by atoms with Crippen LogP contribution >= 0.6 is 0 Å². The van der Waals surface area contributed by atoms with Crippen molar-refractivity contribution in [2.24, 2.45) is 0 Å². The van der Waals surface area contributed by atoms with Crippen LogP contribution in [0, 0.1) is 0 Å². The lowest BCUT2D eigenvalue weighted by Gasteiger charge is -2.47. The van der Waals surface area contributed by atoms with Crippen molar-refractivity contribution in [1.29, 1.82) is 0 Å². The lowest BCUT2D eigenvalue weighted by molar-refractivity contribution is 0.0696. The zero-order valence-corrected chi connectivity index (χ0v) is 23.5. The highest BCUT2D eigenvalue weighted by molar-refractivity contribution is 6.74. The standard InChI is InChI=1S/C31H40O3Si/c1-9-22-23-16-14-21(18-20(23)15-17-24(22)29(32)33)26-19-31(5,6)27-13-11-10-12-25(27)28(26)34-35(7,8)30(2,3)4/h10-18,26,28H,9,19H2,1-8H3,(H,32,33). The highest BCUT2D eigenvalue weighted by Crippen LogP contribution is 2.53. The van der Waals surface area contributed by atoms with Crippen molar-refractivity contribution in [3.8, 4) is 0 Å². The van der Waals surface area contributed by atoms with Gasteiger partial charge in [-0.05, 0) is 75.5 Å². The quantitative estimate of drug-likeness (QED) is 0.366. The number of carboxylic acids is 1. The molecule has 4 rings (SSSR count). The fraction of sp³-hybridized carbons (Fsp3) is 0.452. The van der Waals surface area contributed by atoms with Crippen molar-refractivity contribution in [3.63, 3.8) is 0 Å². The van der Waals surface area contributed by atoms with Crippen LogP contribution in [0.5, 0.6) is 0 Å². The molecule has 0 radical (unpaired) electrons. The number of fused-ring (bicyclic) bond motifs is 2. The van der Waals surface area contributed by atoms with Crippen LogP contribution in [0.25, 0.3) is 10.8 Å². The maximum absolute atomic E-state index is 11.8. The molecule has 1 N–H and O–H groups in total. The summed E-state index contributed by atoms with van der Waals surface area (Å²) in [5.74, 6) is -0.635. The van der Waals surface area contributed by atoms with Gasteiger partial charge < -0.3 is 9.53 Å². The van der Waals surface area contributed by atoms with Crippen LogP contribution in [0.4, 0.5) is 0 Å². The van der Waals surface area contributed by atoms with Gasteiger partial charge in [-0.25, -0.2) is 4.79 Å². The van der Waals surface area contributed by atoms with Crippen molar-refractivity contribution in [3.05, 3.63) is 82.4 Å². The van der Waals surface area contributed by atoms with Gasteiger partial charge in [-0.3, -0.25) is 0 Å². The molecule has 3 aromatic carbocycles. The summed E-state index contributed by atoms with van der Waals surface area (Å²) < 4.78 is 7.20. The Bertz CT molecular complexity index is 1270. The van der Waals surface area contributed by atoms with E-state index in [1.807, 2.05) is 13.0 Å². The molecule has 1 aliphatic carbocycles. The second-order valence-electron chi connectivity index (χ2n) is 12.3. The minimum atomic E-state index is -2.04. The fourth-order valence-corrected chi connectivity index (χ4v) is 6.78. The van der Waals surface area contributed by atoms with E-state index in [-0.39, 0.29) is 22.5 Å². The van der Waals surface area contributed by atoms with E-state index >= 15 is 0 Å². The molecular weight excluding hydrogens is 448 g/mol. The van der Waals surface area contributed by atoms with Gasteiger partial charge in [-0.2, -0.15) is 0 Å². The van der Waals surface area contributed by atoms with Gasteiger partial charge in [0, 0.05) is 5.92 Å². The molecule has 2 unspecified atom stereocenters. The van der Waals surface area contributed by atoms with Gasteiger partial charge in [0.1, 0.15) is 0 Å². The van der Waals surface area contributed by atoms with E-state index in [1.54, 1.807) is 6.07 Å². The summed E-state index contributed by atoms with van der Waals surface area (Å²) >= 11 is 0. The first-order chi connectivity index (χ1) is 16.3. The highest BCUT2D eigenvalue weighted by atomic mass is 28.4. The Hall–Kier alpha value is -2.43. The monoisotopic (exact) mass is 488 g/mol. The van der Waals surface area contributed by atoms with E-state index in [2.05, 4.69) is 90.2 Å². The average Bonchev–Trinajstić information content (AvgIpc) is 2.78. The normalized spacial score (nSPS) is 20.0. The van der Waals surface area contributed by atoms with E-state index in [4.69, 9.17) is 4.43 Å². The number of hydrogen-bond donors (Lipinski definition) is 1. The molecule has 0 saturated heterocycles. The first-order valence-electron chi connectivity index (χ1n) is 12.8. The zero-order chi connectivity index (χ0) is 25.8. The maximum atomic E-state index is 11.8. The molecule has 0 heterocycles. The maximum Gasteiger partial charge on any atom is 0.335 e. The first kappa shape index (κ1) is 25.7. The molecule has 186 valence electrons. The molecule has 0 fully saturated rings. The number of carbonyl (C=O) groups is 1. The molecule has 2 atom stereocenters. The molecule has 0 aromatic heterocycles. The van der Waals surface area contributed by atoms with Gasteiger partial charge >= 0.3 is 5.97 Å². The third-order valence-electron chi connectivity index (χ3n) is 8.49.